The number of hydrogen-bond acceptors (Lipinski definition) is 5. The van der Waals surface area contributed by atoms with Crippen LogP contribution in [0.15, 0.2) is 27.4 Å². The molecule has 16 heavy (non-hydrogen) atoms. The second kappa shape index (κ2) is 3.99. The monoisotopic (exact) mass is 239 g/mol. The zero-order valence-electron chi connectivity index (χ0n) is 8.11. The largest absolute Gasteiger partial charge is 0.327 e. The number of aromatic amines is 3. The van der Waals surface area contributed by atoms with Crippen molar-refractivity contribution in [3.8, 4) is 0 Å². The minimum absolute atomic E-state index is 0.215. The summed E-state index contributed by atoms with van der Waals surface area (Å²) in [7, 11) is 0. The lowest BCUT2D eigenvalue weighted by molar-refractivity contribution is 1.05. The highest BCUT2D eigenvalue weighted by Gasteiger charge is 2.09. The van der Waals surface area contributed by atoms with Gasteiger partial charge in [0.15, 0.2) is 10.8 Å². The van der Waals surface area contributed by atoms with Crippen molar-refractivity contribution >= 4 is 22.9 Å². The predicted molar refractivity (Wildman–Crippen MR) is 61.4 cm³/mol. The summed E-state index contributed by atoms with van der Waals surface area (Å²) in [5.41, 5.74) is 4.96. The highest BCUT2D eigenvalue weighted by atomic mass is 32.2. The highest BCUT2D eigenvalue weighted by molar-refractivity contribution is 7.99. The molecule has 1 unspecified atom stereocenters. The van der Waals surface area contributed by atoms with Gasteiger partial charge in [0.2, 0.25) is 0 Å². The van der Waals surface area contributed by atoms with Crippen LogP contribution >= 0.6 is 11.8 Å². The molecule has 0 aliphatic carbocycles. The zero-order chi connectivity index (χ0) is 11.7. The van der Waals surface area contributed by atoms with Crippen LogP contribution in [0.25, 0.3) is 11.2 Å². The van der Waals surface area contributed by atoms with E-state index in [1.165, 1.54) is 11.8 Å². The first kappa shape index (κ1) is 10.7. The molecule has 7 nitrogen and oxygen atoms in total. The summed E-state index contributed by atoms with van der Waals surface area (Å²) < 4.78 is 0. The molecular formula is C8H9N5O2S. The van der Waals surface area contributed by atoms with Crippen molar-refractivity contribution in [2.45, 2.75) is 10.5 Å². The number of nitrogens with zero attached hydrogens (tertiary/aromatic N) is 1. The maximum Gasteiger partial charge on any atom is 0.327 e. The fraction of sp³-hybridized carbons (Fsp3) is 0.125. The van der Waals surface area contributed by atoms with Crippen LogP contribution in [0.4, 0.5) is 0 Å². The Morgan fingerprint density at radius 1 is 1.38 bits per heavy atom. The van der Waals surface area contributed by atoms with Gasteiger partial charge in [0.25, 0.3) is 5.56 Å². The normalized spacial score (nSPS) is 12.8. The summed E-state index contributed by atoms with van der Waals surface area (Å²) in [4.78, 5) is 33.6. The minimum atomic E-state index is -0.589. The first-order valence-corrected chi connectivity index (χ1v) is 5.25. The van der Waals surface area contributed by atoms with Gasteiger partial charge in [-0.1, -0.05) is 17.8 Å². The Balaban J connectivity index is 2.52. The summed E-state index contributed by atoms with van der Waals surface area (Å²) in [6, 6.07) is 0. The van der Waals surface area contributed by atoms with Crippen LogP contribution in [-0.2, 0) is 0 Å². The van der Waals surface area contributed by atoms with E-state index in [1.807, 2.05) is 0 Å². The number of H-pyrrole nitrogens is 3. The Hall–Kier alpha value is -1.80. The van der Waals surface area contributed by atoms with Gasteiger partial charge in [-0.05, 0) is 0 Å². The molecule has 2 heterocycles. The molecule has 0 saturated carbocycles. The Labute approximate surface area is 93.2 Å². The fourth-order valence-electron chi connectivity index (χ4n) is 1.14. The number of nitrogens with two attached hydrogens (primary N) is 1. The van der Waals surface area contributed by atoms with Gasteiger partial charge in [0.1, 0.15) is 5.52 Å². The second-order valence-corrected chi connectivity index (χ2v) is 4.16. The lowest BCUT2D eigenvalue weighted by Crippen LogP contribution is -2.21. The number of imidazole rings is 1. The molecular weight excluding hydrogens is 230 g/mol. The Kier molecular flexibility index (Phi) is 2.67. The number of nitrogens with one attached hydrogen (secondary N) is 3. The van der Waals surface area contributed by atoms with E-state index >= 15 is 0 Å². The van der Waals surface area contributed by atoms with Crippen LogP contribution in [0.5, 0.6) is 0 Å². The van der Waals surface area contributed by atoms with Gasteiger partial charge in [-0.3, -0.25) is 14.8 Å². The molecule has 5 N–H and O–H groups in total. The third-order valence-corrected chi connectivity index (χ3v) is 2.73. The molecule has 0 fully saturated rings. The topological polar surface area (TPSA) is 120 Å². The van der Waals surface area contributed by atoms with Crippen LogP contribution in [0.3, 0.4) is 0 Å². The molecule has 0 radical (unpaired) electrons. The molecule has 2 aromatic rings. The van der Waals surface area contributed by atoms with Gasteiger partial charge in [-0.15, -0.1) is 6.58 Å². The van der Waals surface area contributed by atoms with E-state index in [4.69, 9.17) is 5.73 Å². The molecule has 84 valence electrons. The van der Waals surface area contributed by atoms with Crippen molar-refractivity contribution in [3.63, 3.8) is 0 Å². The Bertz CT molecular complexity index is 640. The molecule has 0 amide bonds. The van der Waals surface area contributed by atoms with Gasteiger partial charge in [0, 0.05) is 0 Å². The standard InChI is InChI=1S/C8H9N5O2S/c1-2-3(9)16-8-10-4-5(12-8)11-7(15)13-6(4)14/h2-3H,1,9H2,(H3,10,11,12,13,14,15). The summed E-state index contributed by atoms with van der Waals surface area (Å²) >= 11 is 1.20. The van der Waals surface area contributed by atoms with E-state index in [0.717, 1.165) is 0 Å². The Morgan fingerprint density at radius 3 is 2.81 bits per heavy atom. The third kappa shape index (κ3) is 1.92. The average Bonchev–Trinajstić information content (AvgIpc) is 2.60. The van der Waals surface area contributed by atoms with E-state index in [1.54, 1.807) is 6.08 Å². The van der Waals surface area contributed by atoms with Crippen LogP contribution in [0.1, 0.15) is 0 Å². The van der Waals surface area contributed by atoms with Crippen LogP contribution in [-0.4, -0.2) is 25.3 Å². The number of rotatable bonds is 3. The molecule has 8 heteroatoms. The number of fused-ring (bicyclic) bond motifs is 1. The number of hydrogen-bond donors (Lipinski definition) is 4. The van der Waals surface area contributed by atoms with E-state index in [-0.39, 0.29) is 16.5 Å². The van der Waals surface area contributed by atoms with Gasteiger partial charge in [0.05, 0.1) is 5.37 Å². The molecule has 1 atom stereocenters. The molecule has 0 aliphatic rings. The first-order valence-electron chi connectivity index (χ1n) is 4.37. The maximum absolute atomic E-state index is 11.4. The van der Waals surface area contributed by atoms with Crippen molar-refractivity contribution in [1.29, 1.82) is 0 Å². The quantitative estimate of drug-likeness (QED) is 0.327. The minimum Gasteiger partial charge on any atom is -0.327 e. The molecule has 0 spiro atoms. The van der Waals surface area contributed by atoms with Crippen molar-refractivity contribution < 1.29 is 0 Å². The lowest BCUT2D eigenvalue weighted by atomic mass is 10.5. The van der Waals surface area contributed by atoms with Crippen LogP contribution in [0.2, 0.25) is 0 Å². The second-order valence-electron chi connectivity index (χ2n) is 2.99. The molecule has 2 aromatic heterocycles. The van der Waals surface area contributed by atoms with Gasteiger partial charge >= 0.3 is 5.69 Å². The fourth-order valence-corrected chi connectivity index (χ4v) is 1.80. The van der Waals surface area contributed by atoms with E-state index < -0.39 is 11.2 Å². The predicted octanol–water partition coefficient (Wildman–Crippen LogP) is -0.498. The maximum atomic E-state index is 11.4. The van der Waals surface area contributed by atoms with Gasteiger partial charge < -0.3 is 10.7 Å². The molecule has 0 bridgehead atoms. The van der Waals surface area contributed by atoms with Crippen LogP contribution < -0.4 is 17.0 Å². The lowest BCUT2D eigenvalue weighted by Gasteiger charge is -2.00. The van der Waals surface area contributed by atoms with Crippen molar-refractivity contribution in [2.75, 3.05) is 0 Å². The molecule has 0 saturated heterocycles. The smallest absolute Gasteiger partial charge is 0.327 e. The van der Waals surface area contributed by atoms with Gasteiger partial charge in [-0.25, -0.2) is 9.78 Å². The summed E-state index contributed by atoms with van der Waals surface area (Å²) in [5.74, 6) is 0. The summed E-state index contributed by atoms with van der Waals surface area (Å²) in [6.45, 7) is 3.53. The molecule has 2 rings (SSSR count). The van der Waals surface area contributed by atoms with E-state index in [0.29, 0.717) is 5.16 Å². The van der Waals surface area contributed by atoms with Gasteiger partial charge in [-0.2, -0.15) is 0 Å². The first-order chi connectivity index (χ1) is 7.60. The highest BCUT2D eigenvalue weighted by Crippen LogP contribution is 2.18. The SMILES string of the molecule is C=CC(N)Sc1nc2[nH]c(=O)[nH]c(=O)c2[nH]1. The molecule has 0 aliphatic heterocycles. The van der Waals surface area contributed by atoms with E-state index in [9.17, 15) is 9.59 Å². The van der Waals surface area contributed by atoms with Crippen molar-refractivity contribution in [2.24, 2.45) is 5.73 Å². The van der Waals surface area contributed by atoms with Crippen LogP contribution in [0, 0.1) is 0 Å². The zero-order valence-corrected chi connectivity index (χ0v) is 8.93. The van der Waals surface area contributed by atoms with Crippen molar-refractivity contribution in [1.82, 2.24) is 19.9 Å². The number of thioether (sulfide) groups is 1. The average molecular weight is 239 g/mol. The van der Waals surface area contributed by atoms with E-state index in [2.05, 4.69) is 26.5 Å². The molecule has 0 aromatic carbocycles. The third-order valence-electron chi connectivity index (χ3n) is 1.85. The number of aromatic nitrogens is 4. The summed E-state index contributed by atoms with van der Waals surface area (Å²) in [5, 5.41) is 0.126. The van der Waals surface area contributed by atoms with Crippen molar-refractivity contribution in [3.05, 3.63) is 33.5 Å². The summed E-state index contributed by atoms with van der Waals surface area (Å²) in [6.07, 6.45) is 1.55. The Morgan fingerprint density at radius 2 is 2.12 bits per heavy atom.